The number of benzene rings is 1. The Morgan fingerprint density at radius 3 is 2.53 bits per heavy atom. The molecule has 0 N–H and O–H groups in total. The molecule has 0 radical (unpaired) electrons. The monoisotopic (exact) mass is 245 g/mol. The molecule has 3 heteroatoms. The highest BCUT2D eigenvalue weighted by atomic mass is 35.5. The van der Waals surface area contributed by atoms with Crippen LogP contribution in [0.5, 0.6) is 0 Å². The predicted octanol–water partition coefficient (Wildman–Crippen LogP) is 4.32. The largest absolute Gasteiger partial charge is 0.372 e. The molecular formula is C12H17Cl2N. The van der Waals surface area contributed by atoms with Crippen molar-refractivity contribution in [3.63, 3.8) is 0 Å². The van der Waals surface area contributed by atoms with Crippen molar-refractivity contribution >= 4 is 28.9 Å². The lowest BCUT2D eigenvalue weighted by molar-refractivity contribution is 0.788. The third-order valence-corrected chi connectivity index (χ3v) is 2.93. The standard InChI is InChI=1S/C12H17Cl2N/c1-3-7-15(4-2)12-8-11(14)6-5-10(12)9-13/h5-6,8H,3-4,7,9H2,1-2H3. The summed E-state index contributed by atoms with van der Waals surface area (Å²) < 4.78 is 0. The average molecular weight is 246 g/mol. The van der Waals surface area contributed by atoms with Crippen molar-refractivity contribution in [1.29, 1.82) is 0 Å². The van der Waals surface area contributed by atoms with Gasteiger partial charge in [0.05, 0.1) is 0 Å². The maximum atomic E-state index is 6.01. The van der Waals surface area contributed by atoms with Crippen LogP contribution in [-0.2, 0) is 5.88 Å². The smallest absolute Gasteiger partial charge is 0.0494 e. The molecular weight excluding hydrogens is 229 g/mol. The summed E-state index contributed by atoms with van der Waals surface area (Å²) in [7, 11) is 0. The fourth-order valence-corrected chi connectivity index (χ4v) is 2.06. The van der Waals surface area contributed by atoms with E-state index in [-0.39, 0.29) is 0 Å². The van der Waals surface area contributed by atoms with E-state index < -0.39 is 0 Å². The summed E-state index contributed by atoms with van der Waals surface area (Å²) in [6, 6.07) is 5.89. The first-order valence-corrected chi connectivity index (χ1v) is 6.23. The quantitative estimate of drug-likeness (QED) is 0.699. The van der Waals surface area contributed by atoms with E-state index in [1.54, 1.807) is 0 Å². The molecule has 0 heterocycles. The zero-order chi connectivity index (χ0) is 11.3. The first kappa shape index (κ1) is 12.7. The van der Waals surface area contributed by atoms with Gasteiger partial charge in [0, 0.05) is 29.7 Å². The van der Waals surface area contributed by atoms with Gasteiger partial charge in [0.25, 0.3) is 0 Å². The number of rotatable bonds is 5. The van der Waals surface area contributed by atoms with Crippen molar-refractivity contribution in [3.8, 4) is 0 Å². The summed E-state index contributed by atoms with van der Waals surface area (Å²) in [5, 5.41) is 0.772. The Morgan fingerprint density at radius 1 is 1.27 bits per heavy atom. The Bertz CT molecular complexity index is 312. The maximum Gasteiger partial charge on any atom is 0.0494 e. The van der Waals surface area contributed by atoms with E-state index in [9.17, 15) is 0 Å². The third kappa shape index (κ3) is 3.29. The minimum absolute atomic E-state index is 0.534. The van der Waals surface area contributed by atoms with E-state index in [1.807, 2.05) is 18.2 Å². The number of nitrogens with zero attached hydrogens (tertiary/aromatic N) is 1. The molecule has 84 valence electrons. The molecule has 0 aliphatic heterocycles. The highest BCUT2D eigenvalue weighted by Gasteiger charge is 2.08. The van der Waals surface area contributed by atoms with Crippen molar-refractivity contribution < 1.29 is 0 Å². The van der Waals surface area contributed by atoms with E-state index in [2.05, 4.69) is 18.7 Å². The van der Waals surface area contributed by atoms with E-state index in [4.69, 9.17) is 23.2 Å². The highest BCUT2D eigenvalue weighted by Crippen LogP contribution is 2.26. The van der Waals surface area contributed by atoms with Crippen LogP contribution in [0.3, 0.4) is 0 Å². The van der Waals surface area contributed by atoms with Crippen LogP contribution < -0.4 is 4.90 Å². The molecule has 15 heavy (non-hydrogen) atoms. The van der Waals surface area contributed by atoms with Crippen molar-refractivity contribution in [1.82, 2.24) is 0 Å². The van der Waals surface area contributed by atoms with Crippen molar-refractivity contribution in [2.24, 2.45) is 0 Å². The summed E-state index contributed by atoms with van der Waals surface area (Å²) in [6.07, 6.45) is 1.13. The molecule has 1 rings (SSSR count). The highest BCUT2D eigenvalue weighted by molar-refractivity contribution is 6.31. The van der Waals surface area contributed by atoms with Gasteiger partial charge >= 0.3 is 0 Å². The molecule has 0 spiro atoms. The fraction of sp³-hybridized carbons (Fsp3) is 0.500. The molecule has 0 amide bonds. The summed E-state index contributed by atoms with van der Waals surface area (Å²) in [6.45, 7) is 6.35. The second kappa shape index (κ2) is 6.24. The summed E-state index contributed by atoms with van der Waals surface area (Å²) in [5.74, 6) is 0.534. The van der Waals surface area contributed by atoms with Gasteiger partial charge in [-0.25, -0.2) is 0 Å². The SMILES string of the molecule is CCCN(CC)c1cc(Cl)ccc1CCl. The van der Waals surface area contributed by atoms with Crippen LogP contribution in [0.25, 0.3) is 0 Å². The van der Waals surface area contributed by atoms with Crippen LogP contribution in [0.2, 0.25) is 5.02 Å². The van der Waals surface area contributed by atoms with Crippen molar-refractivity contribution in [2.75, 3.05) is 18.0 Å². The van der Waals surface area contributed by atoms with Crippen molar-refractivity contribution in [3.05, 3.63) is 28.8 Å². The van der Waals surface area contributed by atoms with E-state index in [0.717, 1.165) is 30.1 Å². The fourth-order valence-electron chi connectivity index (χ4n) is 1.66. The van der Waals surface area contributed by atoms with Crippen LogP contribution in [-0.4, -0.2) is 13.1 Å². The Balaban J connectivity index is 3.02. The van der Waals surface area contributed by atoms with Gasteiger partial charge in [-0.1, -0.05) is 24.6 Å². The summed E-state index contributed by atoms with van der Waals surface area (Å²) in [5.41, 5.74) is 2.32. The molecule has 0 fully saturated rings. The van der Waals surface area contributed by atoms with Gasteiger partial charge < -0.3 is 4.90 Å². The van der Waals surface area contributed by atoms with Crippen LogP contribution in [0.4, 0.5) is 5.69 Å². The summed E-state index contributed by atoms with van der Waals surface area (Å²) >= 11 is 11.9. The number of halogens is 2. The number of alkyl halides is 1. The van der Waals surface area contributed by atoms with Gasteiger partial charge in [0.15, 0.2) is 0 Å². The Morgan fingerprint density at radius 2 is 2.00 bits per heavy atom. The van der Waals surface area contributed by atoms with Gasteiger partial charge in [0.1, 0.15) is 0 Å². The summed E-state index contributed by atoms with van der Waals surface area (Å²) in [4.78, 5) is 2.31. The lowest BCUT2D eigenvalue weighted by Gasteiger charge is -2.25. The van der Waals surface area contributed by atoms with Crippen LogP contribution in [0.1, 0.15) is 25.8 Å². The average Bonchev–Trinajstić information content (AvgIpc) is 2.26. The lowest BCUT2D eigenvalue weighted by Crippen LogP contribution is -2.24. The van der Waals surface area contributed by atoms with E-state index in [1.165, 1.54) is 5.69 Å². The predicted molar refractivity (Wildman–Crippen MR) is 69.2 cm³/mol. The van der Waals surface area contributed by atoms with Gasteiger partial charge in [-0.2, -0.15) is 0 Å². The zero-order valence-corrected chi connectivity index (χ0v) is 10.8. The molecule has 0 atom stereocenters. The first-order chi connectivity index (χ1) is 7.22. The molecule has 1 nitrogen and oxygen atoms in total. The molecule has 0 saturated carbocycles. The minimum atomic E-state index is 0.534. The Kier molecular flexibility index (Phi) is 5.27. The Hall–Kier alpha value is -0.400. The van der Waals surface area contributed by atoms with Crippen LogP contribution >= 0.6 is 23.2 Å². The normalized spacial score (nSPS) is 10.4. The third-order valence-electron chi connectivity index (χ3n) is 2.41. The number of hydrogen-bond acceptors (Lipinski definition) is 1. The number of anilines is 1. The van der Waals surface area contributed by atoms with Crippen LogP contribution in [0, 0.1) is 0 Å². The molecule has 0 aliphatic carbocycles. The first-order valence-electron chi connectivity index (χ1n) is 5.32. The van der Waals surface area contributed by atoms with Gasteiger partial charge in [-0.05, 0) is 31.0 Å². The second-order valence-corrected chi connectivity index (χ2v) is 4.19. The molecule has 0 aliphatic rings. The van der Waals surface area contributed by atoms with Crippen LogP contribution in [0.15, 0.2) is 18.2 Å². The maximum absolute atomic E-state index is 6.01. The molecule has 1 aromatic carbocycles. The van der Waals surface area contributed by atoms with E-state index in [0.29, 0.717) is 5.88 Å². The molecule has 0 saturated heterocycles. The topological polar surface area (TPSA) is 3.24 Å². The van der Waals surface area contributed by atoms with Gasteiger partial charge in [-0.3, -0.25) is 0 Å². The molecule has 0 aromatic heterocycles. The molecule has 0 unspecified atom stereocenters. The minimum Gasteiger partial charge on any atom is -0.372 e. The zero-order valence-electron chi connectivity index (χ0n) is 9.26. The molecule has 0 bridgehead atoms. The Labute approximate surface area is 102 Å². The van der Waals surface area contributed by atoms with Gasteiger partial charge in [0.2, 0.25) is 0 Å². The van der Waals surface area contributed by atoms with Gasteiger partial charge in [-0.15, -0.1) is 11.6 Å². The lowest BCUT2D eigenvalue weighted by atomic mass is 10.1. The second-order valence-electron chi connectivity index (χ2n) is 3.49. The number of hydrogen-bond donors (Lipinski definition) is 0. The van der Waals surface area contributed by atoms with E-state index >= 15 is 0 Å². The van der Waals surface area contributed by atoms with Crippen molar-refractivity contribution in [2.45, 2.75) is 26.1 Å². The molecule has 1 aromatic rings.